The Bertz CT molecular complexity index is 694. The standard InChI is InChI=1S/C16H18N2O3/c1-18-14(11-7-3-2-4-8-11)13(16(20)21-18)15(19)17-12-9-5-6-10-12/h2-4,7-8,12H,5-6,9-10H2,1H3,(H,17,19). The first-order chi connectivity index (χ1) is 10.2. The first kappa shape index (κ1) is 13.7. The van der Waals surface area contributed by atoms with Gasteiger partial charge in [-0.25, -0.2) is 9.53 Å². The zero-order valence-electron chi connectivity index (χ0n) is 12.0. The maximum absolute atomic E-state index is 12.4. The molecule has 0 unspecified atom stereocenters. The Morgan fingerprint density at radius 3 is 2.57 bits per heavy atom. The van der Waals surface area contributed by atoms with Crippen molar-refractivity contribution < 1.29 is 9.32 Å². The summed E-state index contributed by atoms with van der Waals surface area (Å²) < 4.78 is 6.45. The second kappa shape index (κ2) is 5.60. The van der Waals surface area contributed by atoms with Gasteiger partial charge < -0.3 is 9.84 Å². The van der Waals surface area contributed by atoms with Crippen molar-refractivity contribution in [1.82, 2.24) is 10.1 Å². The molecule has 1 amide bonds. The molecule has 1 aliphatic rings. The molecule has 0 radical (unpaired) electrons. The first-order valence-corrected chi connectivity index (χ1v) is 7.23. The summed E-state index contributed by atoms with van der Waals surface area (Å²) in [6.45, 7) is 0. The van der Waals surface area contributed by atoms with Crippen LogP contribution >= 0.6 is 0 Å². The first-order valence-electron chi connectivity index (χ1n) is 7.23. The molecule has 0 aliphatic heterocycles. The van der Waals surface area contributed by atoms with Gasteiger partial charge in [-0.05, 0) is 12.8 Å². The third-order valence-corrected chi connectivity index (χ3v) is 3.94. The topological polar surface area (TPSA) is 64.2 Å². The van der Waals surface area contributed by atoms with Crippen LogP contribution in [0.4, 0.5) is 0 Å². The van der Waals surface area contributed by atoms with Crippen molar-refractivity contribution in [1.29, 1.82) is 0 Å². The quantitative estimate of drug-likeness (QED) is 0.941. The normalized spacial score (nSPS) is 15.3. The fourth-order valence-electron chi connectivity index (χ4n) is 2.92. The van der Waals surface area contributed by atoms with E-state index in [1.807, 2.05) is 30.3 Å². The lowest BCUT2D eigenvalue weighted by Gasteiger charge is -2.11. The molecule has 0 spiro atoms. The van der Waals surface area contributed by atoms with Crippen molar-refractivity contribution >= 4 is 5.91 Å². The Hall–Kier alpha value is -2.30. The molecule has 1 aromatic heterocycles. The number of carbonyl (C=O) groups is 1. The van der Waals surface area contributed by atoms with E-state index in [1.54, 1.807) is 7.05 Å². The summed E-state index contributed by atoms with van der Waals surface area (Å²) in [5.41, 5.74) is 0.820. The zero-order chi connectivity index (χ0) is 14.8. The van der Waals surface area contributed by atoms with E-state index in [1.165, 1.54) is 4.74 Å². The van der Waals surface area contributed by atoms with Gasteiger partial charge in [0, 0.05) is 18.7 Å². The van der Waals surface area contributed by atoms with Crippen LogP contribution in [0.25, 0.3) is 11.3 Å². The van der Waals surface area contributed by atoms with Gasteiger partial charge in [0.15, 0.2) is 5.56 Å². The smallest absolute Gasteiger partial charge is 0.349 e. The summed E-state index contributed by atoms with van der Waals surface area (Å²) in [5.74, 6) is -0.338. The van der Waals surface area contributed by atoms with Crippen molar-refractivity contribution in [3.05, 3.63) is 46.3 Å². The molecule has 21 heavy (non-hydrogen) atoms. The van der Waals surface area contributed by atoms with Crippen molar-refractivity contribution in [3.63, 3.8) is 0 Å². The number of rotatable bonds is 3. The van der Waals surface area contributed by atoms with Gasteiger partial charge >= 0.3 is 5.63 Å². The molecule has 2 aromatic rings. The number of hydrogen-bond acceptors (Lipinski definition) is 3. The third-order valence-electron chi connectivity index (χ3n) is 3.94. The lowest BCUT2D eigenvalue weighted by molar-refractivity contribution is 0.0936. The van der Waals surface area contributed by atoms with E-state index in [2.05, 4.69) is 5.32 Å². The maximum Gasteiger partial charge on any atom is 0.370 e. The highest BCUT2D eigenvalue weighted by Crippen LogP contribution is 2.23. The van der Waals surface area contributed by atoms with Gasteiger partial charge in [0.05, 0.1) is 0 Å². The van der Waals surface area contributed by atoms with E-state index in [4.69, 9.17) is 4.52 Å². The largest absolute Gasteiger partial charge is 0.370 e. The molecule has 0 saturated heterocycles. The van der Waals surface area contributed by atoms with Crippen LogP contribution in [0.2, 0.25) is 0 Å². The Kier molecular flexibility index (Phi) is 3.64. The van der Waals surface area contributed by atoms with Gasteiger partial charge in [-0.3, -0.25) is 4.79 Å². The SMILES string of the molecule is Cn1oc(=O)c(C(=O)NC2CCCC2)c1-c1ccccc1. The zero-order valence-corrected chi connectivity index (χ0v) is 12.0. The number of hydrogen-bond donors (Lipinski definition) is 1. The number of nitrogens with one attached hydrogen (secondary N) is 1. The Morgan fingerprint density at radius 1 is 1.24 bits per heavy atom. The second-order valence-electron chi connectivity index (χ2n) is 5.42. The number of benzene rings is 1. The average molecular weight is 286 g/mol. The van der Waals surface area contributed by atoms with Crippen molar-refractivity contribution in [2.75, 3.05) is 0 Å². The van der Waals surface area contributed by atoms with Crippen LogP contribution in [0.5, 0.6) is 0 Å². The Morgan fingerprint density at radius 2 is 1.90 bits per heavy atom. The maximum atomic E-state index is 12.4. The van der Waals surface area contributed by atoms with Crippen molar-refractivity contribution in [2.24, 2.45) is 7.05 Å². The summed E-state index contributed by atoms with van der Waals surface area (Å²) in [7, 11) is 1.64. The van der Waals surface area contributed by atoms with Crippen molar-refractivity contribution in [2.45, 2.75) is 31.7 Å². The van der Waals surface area contributed by atoms with Gasteiger partial charge in [0.1, 0.15) is 5.69 Å². The molecule has 0 bridgehead atoms. The molecule has 0 atom stereocenters. The number of carbonyl (C=O) groups excluding carboxylic acids is 1. The van der Waals surface area contributed by atoms with Gasteiger partial charge in [-0.15, -0.1) is 0 Å². The second-order valence-corrected chi connectivity index (χ2v) is 5.42. The molecule has 1 heterocycles. The number of amides is 1. The van der Waals surface area contributed by atoms with Crippen LogP contribution in [-0.2, 0) is 7.05 Å². The molecule has 1 aliphatic carbocycles. The van der Waals surface area contributed by atoms with E-state index in [-0.39, 0.29) is 17.5 Å². The molecule has 1 N–H and O–H groups in total. The van der Waals surface area contributed by atoms with Gasteiger partial charge in [0.25, 0.3) is 5.91 Å². The lowest BCUT2D eigenvalue weighted by atomic mass is 10.1. The molecule has 1 aromatic carbocycles. The molecule has 3 rings (SSSR count). The van der Waals surface area contributed by atoms with E-state index >= 15 is 0 Å². The minimum atomic E-state index is -0.591. The highest BCUT2D eigenvalue weighted by molar-refractivity contribution is 5.99. The number of aromatic nitrogens is 1. The highest BCUT2D eigenvalue weighted by atomic mass is 16.5. The van der Waals surface area contributed by atoms with E-state index in [0.717, 1.165) is 31.2 Å². The van der Waals surface area contributed by atoms with Crippen LogP contribution in [0, 0.1) is 0 Å². The van der Waals surface area contributed by atoms with E-state index in [9.17, 15) is 9.59 Å². The molecule has 1 fully saturated rings. The van der Waals surface area contributed by atoms with Gasteiger partial charge in [0.2, 0.25) is 0 Å². The number of nitrogens with zero attached hydrogens (tertiary/aromatic N) is 1. The summed E-state index contributed by atoms with van der Waals surface area (Å²) in [6.07, 6.45) is 4.20. The van der Waals surface area contributed by atoms with Crippen molar-refractivity contribution in [3.8, 4) is 11.3 Å². The fourth-order valence-corrected chi connectivity index (χ4v) is 2.92. The van der Waals surface area contributed by atoms with Crippen LogP contribution in [0.3, 0.4) is 0 Å². The summed E-state index contributed by atoms with van der Waals surface area (Å²) in [6, 6.07) is 9.50. The summed E-state index contributed by atoms with van der Waals surface area (Å²) in [4.78, 5) is 24.4. The molecular weight excluding hydrogens is 268 g/mol. The molecular formula is C16H18N2O3. The third kappa shape index (κ3) is 2.63. The molecule has 110 valence electrons. The molecule has 5 heteroatoms. The number of aryl methyl sites for hydroxylation is 1. The predicted molar refractivity (Wildman–Crippen MR) is 79.1 cm³/mol. The predicted octanol–water partition coefficient (Wildman–Crippen LogP) is 2.32. The van der Waals surface area contributed by atoms with Gasteiger partial charge in [-0.2, -0.15) is 0 Å². The van der Waals surface area contributed by atoms with Crippen LogP contribution in [-0.4, -0.2) is 16.7 Å². The fraction of sp³-hybridized carbons (Fsp3) is 0.375. The summed E-state index contributed by atoms with van der Waals surface area (Å²) in [5, 5.41) is 2.95. The monoisotopic (exact) mass is 286 g/mol. The van der Waals surface area contributed by atoms with Crippen LogP contribution in [0.15, 0.2) is 39.6 Å². The lowest BCUT2D eigenvalue weighted by Crippen LogP contribution is -2.35. The molecule has 5 nitrogen and oxygen atoms in total. The Balaban J connectivity index is 1.98. The average Bonchev–Trinajstić information content (AvgIpc) is 3.07. The van der Waals surface area contributed by atoms with E-state index < -0.39 is 5.63 Å². The minimum absolute atomic E-state index is 0.0931. The highest BCUT2D eigenvalue weighted by Gasteiger charge is 2.26. The minimum Gasteiger partial charge on any atom is -0.349 e. The Labute approximate surface area is 122 Å². The van der Waals surface area contributed by atoms with Crippen LogP contribution < -0.4 is 10.9 Å². The summed E-state index contributed by atoms with van der Waals surface area (Å²) >= 11 is 0. The van der Waals surface area contributed by atoms with Gasteiger partial charge in [-0.1, -0.05) is 43.2 Å². The van der Waals surface area contributed by atoms with Crippen LogP contribution in [0.1, 0.15) is 36.0 Å². The van der Waals surface area contributed by atoms with E-state index in [0.29, 0.717) is 5.69 Å². The molecule has 1 saturated carbocycles.